The lowest BCUT2D eigenvalue weighted by molar-refractivity contribution is -0.131. The van der Waals surface area contributed by atoms with Gasteiger partial charge in [-0.2, -0.15) is 0 Å². The predicted octanol–water partition coefficient (Wildman–Crippen LogP) is 5.64. The van der Waals surface area contributed by atoms with Crippen molar-refractivity contribution in [2.24, 2.45) is 5.92 Å². The number of aryl methyl sites for hydroxylation is 3. The van der Waals surface area contributed by atoms with E-state index in [1.165, 1.54) is 0 Å². The first-order valence-electron chi connectivity index (χ1n) is 12.2. The third-order valence-electron chi connectivity index (χ3n) is 7.07. The lowest BCUT2D eigenvalue weighted by Crippen LogP contribution is -2.72. The summed E-state index contributed by atoms with van der Waals surface area (Å²) in [6.07, 6.45) is 0. The predicted molar refractivity (Wildman–Crippen MR) is 140 cm³/mol. The summed E-state index contributed by atoms with van der Waals surface area (Å²) in [5.74, 6) is 0.140. The van der Waals surface area contributed by atoms with Gasteiger partial charge in [-0.25, -0.2) is 4.79 Å². The van der Waals surface area contributed by atoms with Crippen molar-refractivity contribution in [2.75, 3.05) is 16.8 Å². The van der Waals surface area contributed by atoms with Crippen LogP contribution in [0.5, 0.6) is 11.5 Å². The molecule has 2 heterocycles. The molecule has 3 unspecified atom stereocenters. The molecule has 2 N–H and O–H groups in total. The Labute approximate surface area is 211 Å². The van der Waals surface area contributed by atoms with Gasteiger partial charge < -0.3 is 20.1 Å². The molecule has 5 rings (SSSR count). The summed E-state index contributed by atoms with van der Waals surface area (Å²) in [4.78, 5) is 29.2. The first-order valence-corrected chi connectivity index (χ1v) is 12.2. The van der Waals surface area contributed by atoms with Gasteiger partial charge in [0, 0.05) is 11.3 Å². The number of rotatable bonds is 5. The van der Waals surface area contributed by atoms with E-state index in [0.29, 0.717) is 23.8 Å². The van der Waals surface area contributed by atoms with Crippen molar-refractivity contribution in [1.82, 2.24) is 5.32 Å². The quantitative estimate of drug-likeness (QED) is 0.490. The van der Waals surface area contributed by atoms with Crippen LogP contribution in [0.1, 0.15) is 42.1 Å². The monoisotopic (exact) mass is 485 g/mol. The molecule has 3 aromatic carbocycles. The maximum atomic E-state index is 14.0. The first-order chi connectivity index (χ1) is 17.2. The summed E-state index contributed by atoms with van der Waals surface area (Å²) in [6.45, 7) is 10.1. The highest BCUT2D eigenvalue weighted by molar-refractivity contribution is 6.02. The van der Waals surface area contributed by atoms with Crippen LogP contribution in [0, 0.1) is 26.7 Å². The van der Waals surface area contributed by atoms with Crippen LogP contribution in [0.4, 0.5) is 16.2 Å². The number of anilines is 2. The van der Waals surface area contributed by atoms with Gasteiger partial charge in [-0.05, 0) is 63.9 Å². The highest BCUT2D eigenvalue weighted by Gasteiger charge is 2.61. The van der Waals surface area contributed by atoms with E-state index in [0.717, 1.165) is 27.9 Å². The molecule has 7 nitrogen and oxygen atoms in total. The standard InChI is InChI=1S/C29H31N3O4/c1-6-35-23-13-9-11-20-25-24(27(33)30-21-15-14-17(2)16-19(21)4)29(5,36-26(20)23)32(28(34)31-25)22-12-8-7-10-18(22)3/h7-16,24-25H,6H2,1-5H3,(H,30,33)(H,31,34). The number of nitrogens with one attached hydrogen (secondary N) is 2. The van der Waals surface area contributed by atoms with Crippen LogP contribution in [0.15, 0.2) is 60.7 Å². The van der Waals surface area contributed by atoms with E-state index in [1.54, 1.807) is 4.90 Å². The Balaban J connectivity index is 1.66. The SMILES string of the molecule is CCOc1cccc2c1OC1(C)C(C(=O)Nc3ccc(C)cc3C)C2NC(=O)N1c1ccccc1C. The summed E-state index contributed by atoms with van der Waals surface area (Å²) in [5, 5.41) is 6.21. The van der Waals surface area contributed by atoms with E-state index in [9.17, 15) is 9.59 Å². The number of fused-ring (bicyclic) bond motifs is 4. The minimum absolute atomic E-state index is 0.236. The van der Waals surface area contributed by atoms with Gasteiger partial charge >= 0.3 is 6.03 Å². The average molecular weight is 486 g/mol. The third-order valence-corrected chi connectivity index (χ3v) is 7.07. The largest absolute Gasteiger partial charge is 0.490 e. The Morgan fingerprint density at radius 1 is 1.08 bits per heavy atom. The number of urea groups is 1. The fourth-order valence-electron chi connectivity index (χ4n) is 5.38. The molecule has 0 saturated carbocycles. The number of carbonyl (C=O) groups excluding carboxylic acids is 2. The molecule has 0 aromatic heterocycles. The van der Waals surface area contributed by atoms with Crippen molar-refractivity contribution in [3.8, 4) is 11.5 Å². The number of hydrogen-bond acceptors (Lipinski definition) is 4. The fraction of sp³-hybridized carbons (Fsp3) is 0.310. The molecule has 2 aliphatic heterocycles. The maximum absolute atomic E-state index is 14.0. The number of hydrogen-bond donors (Lipinski definition) is 2. The van der Waals surface area contributed by atoms with E-state index in [1.807, 2.05) is 95.3 Å². The van der Waals surface area contributed by atoms with E-state index < -0.39 is 17.7 Å². The lowest BCUT2D eigenvalue weighted by Gasteiger charge is -2.55. The summed E-state index contributed by atoms with van der Waals surface area (Å²) < 4.78 is 12.5. The minimum Gasteiger partial charge on any atom is -0.490 e. The molecule has 0 spiro atoms. The molecule has 36 heavy (non-hydrogen) atoms. The van der Waals surface area contributed by atoms with Crippen LogP contribution in [0.2, 0.25) is 0 Å². The van der Waals surface area contributed by atoms with Gasteiger partial charge in [0.25, 0.3) is 0 Å². The summed E-state index contributed by atoms with van der Waals surface area (Å²) in [7, 11) is 0. The minimum atomic E-state index is -1.32. The molecule has 1 fully saturated rings. The number of carbonyl (C=O) groups is 2. The summed E-state index contributed by atoms with van der Waals surface area (Å²) in [6, 6.07) is 18.2. The third kappa shape index (κ3) is 3.75. The lowest BCUT2D eigenvalue weighted by atomic mass is 9.78. The van der Waals surface area contributed by atoms with Crippen molar-refractivity contribution >= 4 is 23.3 Å². The fourth-order valence-corrected chi connectivity index (χ4v) is 5.38. The second-order valence-electron chi connectivity index (χ2n) is 9.60. The zero-order chi connectivity index (χ0) is 25.6. The van der Waals surface area contributed by atoms with Gasteiger partial charge in [0.05, 0.1) is 18.3 Å². The van der Waals surface area contributed by atoms with Crippen molar-refractivity contribution < 1.29 is 19.1 Å². The Morgan fingerprint density at radius 3 is 2.58 bits per heavy atom. The van der Waals surface area contributed by atoms with Crippen LogP contribution in [-0.4, -0.2) is 24.3 Å². The number of benzene rings is 3. The molecule has 186 valence electrons. The molecule has 1 saturated heterocycles. The molecular weight excluding hydrogens is 454 g/mol. The van der Waals surface area contributed by atoms with Crippen LogP contribution < -0.4 is 25.0 Å². The van der Waals surface area contributed by atoms with Crippen LogP contribution >= 0.6 is 0 Å². The summed E-state index contributed by atoms with van der Waals surface area (Å²) in [5.41, 5.74) is 3.79. The van der Waals surface area contributed by atoms with Gasteiger partial charge in [0.1, 0.15) is 5.92 Å². The van der Waals surface area contributed by atoms with Gasteiger partial charge in [-0.1, -0.05) is 48.0 Å². The highest BCUT2D eigenvalue weighted by atomic mass is 16.5. The van der Waals surface area contributed by atoms with Gasteiger partial charge in [-0.15, -0.1) is 0 Å². The maximum Gasteiger partial charge on any atom is 0.325 e. The van der Waals surface area contributed by atoms with Crippen LogP contribution in [-0.2, 0) is 4.79 Å². The molecule has 3 aromatic rings. The second kappa shape index (κ2) is 8.90. The van der Waals surface area contributed by atoms with Crippen molar-refractivity contribution in [2.45, 2.75) is 46.4 Å². The number of nitrogens with zero attached hydrogens (tertiary/aromatic N) is 1. The summed E-state index contributed by atoms with van der Waals surface area (Å²) >= 11 is 0. The Morgan fingerprint density at radius 2 is 1.86 bits per heavy atom. The van der Waals surface area contributed by atoms with Crippen molar-refractivity contribution in [3.05, 3.63) is 82.9 Å². The Bertz CT molecular complexity index is 1350. The number of para-hydroxylation sites is 2. The zero-order valence-electron chi connectivity index (χ0n) is 21.2. The number of amides is 3. The molecule has 0 radical (unpaired) electrons. The second-order valence-corrected chi connectivity index (χ2v) is 9.60. The smallest absolute Gasteiger partial charge is 0.325 e. The normalized spacial score (nSPS) is 22.2. The van der Waals surface area contributed by atoms with Gasteiger partial charge in [0.15, 0.2) is 11.5 Å². The van der Waals surface area contributed by atoms with Crippen molar-refractivity contribution in [3.63, 3.8) is 0 Å². The first kappa shape index (κ1) is 23.7. The molecular formula is C29H31N3O4. The van der Waals surface area contributed by atoms with Crippen LogP contribution in [0.25, 0.3) is 0 Å². The molecule has 0 aliphatic carbocycles. The molecule has 3 atom stereocenters. The molecule has 2 bridgehead atoms. The topological polar surface area (TPSA) is 79.9 Å². The van der Waals surface area contributed by atoms with Crippen molar-refractivity contribution in [1.29, 1.82) is 0 Å². The van der Waals surface area contributed by atoms with E-state index in [2.05, 4.69) is 10.6 Å². The molecule has 2 aliphatic rings. The van der Waals surface area contributed by atoms with Gasteiger partial charge in [0.2, 0.25) is 11.6 Å². The zero-order valence-corrected chi connectivity index (χ0v) is 21.2. The van der Waals surface area contributed by atoms with E-state index in [-0.39, 0.29) is 11.9 Å². The Kier molecular flexibility index (Phi) is 5.86. The highest BCUT2D eigenvalue weighted by Crippen LogP contribution is 2.52. The van der Waals surface area contributed by atoms with Crippen LogP contribution in [0.3, 0.4) is 0 Å². The average Bonchev–Trinajstić information content (AvgIpc) is 2.82. The van der Waals surface area contributed by atoms with Gasteiger partial charge in [-0.3, -0.25) is 9.69 Å². The van der Waals surface area contributed by atoms with E-state index in [4.69, 9.17) is 9.47 Å². The molecule has 7 heteroatoms. The van der Waals surface area contributed by atoms with E-state index >= 15 is 0 Å². The number of ether oxygens (including phenoxy) is 2. The Hall–Kier alpha value is -4.00. The molecule has 3 amide bonds.